The Labute approximate surface area is 224 Å². The predicted molar refractivity (Wildman–Crippen MR) is 150 cm³/mol. The molecule has 1 aromatic heterocycles. The molecule has 2 amide bonds. The van der Waals surface area contributed by atoms with Crippen LogP contribution in [0.3, 0.4) is 0 Å². The summed E-state index contributed by atoms with van der Waals surface area (Å²) in [4.78, 5) is 39.3. The molecule has 37 heavy (non-hydrogen) atoms. The number of hydrogen-bond acceptors (Lipinski definition) is 5. The van der Waals surface area contributed by atoms with Crippen LogP contribution in [0.1, 0.15) is 57.8 Å². The number of fused-ring (bicyclic) bond motifs is 1. The highest BCUT2D eigenvalue weighted by Crippen LogP contribution is 2.19. The topological polar surface area (TPSA) is 88.4 Å². The summed E-state index contributed by atoms with van der Waals surface area (Å²) in [5.41, 5.74) is 0.920. The van der Waals surface area contributed by atoms with Crippen molar-refractivity contribution in [2.45, 2.75) is 70.7 Å². The molecule has 0 unspecified atom stereocenters. The van der Waals surface area contributed by atoms with Crippen LogP contribution in [0.25, 0.3) is 10.8 Å². The minimum absolute atomic E-state index is 0.0104. The second kappa shape index (κ2) is 14.6. The third-order valence-corrected chi connectivity index (χ3v) is 7.19. The van der Waals surface area contributed by atoms with Crippen LogP contribution in [0.4, 0.5) is 0 Å². The zero-order chi connectivity index (χ0) is 26.6. The van der Waals surface area contributed by atoms with Crippen molar-refractivity contribution in [1.82, 2.24) is 10.6 Å². The fourth-order valence-electron chi connectivity index (χ4n) is 4.31. The van der Waals surface area contributed by atoms with E-state index in [-0.39, 0.29) is 35.7 Å². The molecule has 2 aromatic carbocycles. The molecule has 0 fully saturated rings. The standard InChI is InChI=1S/C30H38N2O4S/c1-4-5-15-26(28(33)20-37-19-24-13-9-16-36-24)32-30(35)27(17-21(2)3)31-29(34)18-23-12-8-11-22-10-6-7-14-25(22)23/h6-14,16,21,26-27H,4-5,15,17-20H2,1-3H3,(H,31,34)(H,32,35)/t26-,27-/m0/s1. The van der Waals surface area contributed by atoms with Crippen LogP contribution in [0, 0.1) is 5.92 Å². The zero-order valence-corrected chi connectivity index (χ0v) is 22.8. The quantitative estimate of drug-likeness (QED) is 0.268. The van der Waals surface area contributed by atoms with Crippen LogP contribution in [-0.4, -0.2) is 35.4 Å². The Morgan fingerprint density at radius 1 is 0.946 bits per heavy atom. The average Bonchev–Trinajstić information content (AvgIpc) is 3.39. The number of carbonyl (C=O) groups is 3. The van der Waals surface area contributed by atoms with Gasteiger partial charge in [0.05, 0.1) is 30.2 Å². The SMILES string of the molecule is CCCC[C@H](NC(=O)[C@H](CC(C)C)NC(=O)Cc1cccc2ccccc12)C(=O)CSCc1ccco1. The number of thioether (sulfide) groups is 1. The smallest absolute Gasteiger partial charge is 0.243 e. The Balaban J connectivity index is 1.63. The molecule has 0 aliphatic rings. The molecule has 2 N–H and O–H groups in total. The van der Waals surface area contributed by atoms with Gasteiger partial charge in [0, 0.05) is 0 Å². The molecule has 0 saturated carbocycles. The van der Waals surface area contributed by atoms with Gasteiger partial charge in [-0.2, -0.15) is 0 Å². The summed E-state index contributed by atoms with van der Waals surface area (Å²) in [5.74, 6) is 1.39. The van der Waals surface area contributed by atoms with Crippen molar-refractivity contribution < 1.29 is 18.8 Å². The van der Waals surface area contributed by atoms with E-state index in [1.807, 2.05) is 68.4 Å². The van der Waals surface area contributed by atoms with Gasteiger partial charge in [-0.3, -0.25) is 14.4 Å². The number of nitrogens with one attached hydrogen (secondary N) is 2. The summed E-state index contributed by atoms with van der Waals surface area (Å²) in [6, 6.07) is 16.3. The molecule has 198 valence electrons. The monoisotopic (exact) mass is 522 g/mol. The van der Waals surface area contributed by atoms with Crippen molar-refractivity contribution >= 4 is 40.1 Å². The fourth-order valence-corrected chi connectivity index (χ4v) is 5.18. The van der Waals surface area contributed by atoms with E-state index in [1.54, 1.807) is 6.26 Å². The molecule has 2 atom stereocenters. The van der Waals surface area contributed by atoms with Crippen molar-refractivity contribution in [2.75, 3.05) is 5.75 Å². The Morgan fingerprint density at radius 2 is 1.73 bits per heavy atom. The largest absolute Gasteiger partial charge is 0.468 e. The number of hydrogen-bond donors (Lipinski definition) is 2. The highest BCUT2D eigenvalue weighted by molar-refractivity contribution is 7.99. The third-order valence-electron chi connectivity index (χ3n) is 6.21. The highest BCUT2D eigenvalue weighted by atomic mass is 32.2. The van der Waals surface area contributed by atoms with E-state index in [0.717, 1.165) is 34.9 Å². The molecule has 3 rings (SSSR count). The van der Waals surface area contributed by atoms with Crippen LogP contribution < -0.4 is 10.6 Å². The molecule has 0 bridgehead atoms. The lowest BCUT2D eigenvalue weighted by atomic mass is 9.99. The zero-order valence-electron chi connectivity index (χ0n) is 22.0. The summed E-state index contributed by atoms with van der Waals surface area (Å²) in [7, 11) is 0. The van der Waals surface area contributed by atoms with Crippen LogP contribution in [0.5, 0.6) is 0 Å². The molecule has 0 radical (unpaired) electrons. The molecule has 7 heteroatoms. The lowest BCUT2D eigenvalue weighted by Crippen LogP contribution is -2.52. The number of Topliss-reactive ketones (excluding diaryl/α,β-unsaturated/α-hetero) is 1. The van der Waals surface area contributed by atoms with Gasteiger partial charge in [0.15, 0.2) is 5.78 Å². The number of benzene rings is 2. The molecule has 0 aliphatic carbocycles. The normalized spacial score (nSPS) is 12.9. The van der Waals surface area contributed by atoms with E-state index in [9.17, 15) is 14.4 Å². The van der Waals surface area contributed by atoms with Gasteiger partial charge in [0.25, 0.3) is 0 Å². The van der Waals surface area contributed by atoms with Crippen LogP contribution >= 0.6 is 11.8 Å². The van der Waals surface area contributed by atoms with Gasteiger partial charge in [-0.15, -0.1) is 11.8 Å². The minimum Gasteiger partial charge on any atom is -0.468 e. The maximum absolute atomic E-state index is 13.3. The lowest BCUT2D eigenvalue weighted by molar-refractivity contribution is -0.131. The van der Waals surface area contributed by atoms with Crippen molar-refractivity contribution in [2.24, 2.45) is 5.92 Å². The number of furan rings is 1. The lowest BCUT2D eigenvalue weighted by Gasteiger charge is -2.24. The van der Waals surface area contributed by atoms with Gasteiger partial charge in [0.1, 0.15) is 11.8 Å². The maximum atomic E-state index is 13.3. The average molecular weight is 523 g/mol. The first kappa shape index (κ1) is 28.5. The molecular formula is C30H38N2O4S. The number of carbonyl (C=O) groups excluding carboxylic acids is 3. The Hall–Kier alpha value is -3.06. The Bertz CT molecular complexity index is 1150. The van der Waals surface area contributed by atoms with Gasteiger partial charge in [-0.05, 0) is 47.2 Å². The number of ketones is 1. The first-order chi connectivity index (χ1) is 17.9. The van der Waals surface area contributed by atoms with Crippen LogP contribution in [-0.2, 0) is 26.6 Å². The van der Waals surface area contributed by atoms with Crippen molar-refractivity contribution in [3.8, 4) is 0 Å². The van der Waals surface area contributed by atoms with Crippen molar-refractivity contribution in [3.63, 3.8) is 0 Å². The van der Waals surface area contributed by atoms with Gasteiger partial charge >= 0.3 is 0 Å². The van der Waals surface area contributed by atoms with Gasteiger partial charge in [-0.1, -0.05) is 76.1 Å². The molecule has 1 heterocycles. The van der Waals surface area contributed by atoms with E-state index in [1.165, 1.54) is 11.8 Å². The highest BCUT2D eigenvalue weighted by Gasteiger charge is 2.27. The van der Waals surface area contributed by atoms with E-state index >= 15 is 0 Å². The second-order valence-corrected chi connectivity index (χ2v) is 10.8. The number of rotatable bonds is 15. The van der Waals surface area contributed by atoms with E-state index in [4.69, 9.17) is 4.42 Å². The van der Waals surface area contributed by atoms with Gasteiger partial charge < -0.3 is 15.1 Å². The minimum atomic E-state index is -0.699. The summed E-state index contributed by atoms with van der Waals surface area (Å²) in [5, 5.41) is 8.01. The fraction of sp³-hybridized carbons (Fsp3) is 0.433. The molecule has 0 saturated heterocycles. The molecular weight excluding hydrogens is 484 g/mol. The van der Waals surface area contributed by atoms with Crippen LogP contribution in [0.2, 0.25) is 0 Å². The summed E-state index contributed by atoms with van der Waals surface area (Å²) in [6.45, 7) is 6.09. The first-order valence-corrected chi connectivity index (χ1v) is 14.2. The molecule has 0 aliphatic heterocycles. The number of amides is 2. The Morgan fingerprint density at radius 3 is 2.46 bits per heavy atom. The maximum Gasteiger partial charge on any atom is 0.243 e. The first-order valence-electron chi connectivity index (χ1n) is 13.1. The van der Waals surface area contributed by atoms with Crippen molar-refractivity contribution in [1.29, 1.82) is 0 Å². The summed E-state index contributed by atoms with van der Waals surface area (Å²) in [6.07, 6.45) is 4.64. The predicted octanol–water partition coefficient (Wildman–Crippen LogP) is 5.68. The molecule has 3 aromatic rings. The molecule has 0 spiro atoms. The molecule has 6 nitrogen and oxygen atoms in total. The van der Waals surface area contributed by atoms with Gasteiger partial charge in [-0.25, -0.2) is 0 Å². The van der Waals surface area contributed by atoms with Crippen molar-refractivity contribution in [3.05, 3.63) is 72.2 Å². The second-order valence-electron chi connectivity index (χ2n) is 9.81. The number of unbranched alkanes of at least 4 members (excludes halogenated alkanes) is 1. The third kappa shape index (κ3) is 9.08. The van der Waals surface area contributed by atoms with Gasteiger partial charge in [0.2, 0.25) is 11.8 Å². The Kier molecular flexibility index (Phi) is 11.3. The summed E-state index contributed by atoms with van der Waals surface area (Å²) >= 11 is 1.48. The summed E-state index contributed by atoms with van der Waals surface area (Å²) < 4.78 is 5.33. The van der Waals surface area contributed by atoms with E-state index < -0.39 is 12.1 Å². The van der Waals surface area contributed by atoms with E-state index in [2.05, 4.69) is 17.6 Å². The van der Waals surface area contributed by atoms with E-state index in [0.29, 0.717) is 18.6 Å². The van der Waals surface area contributed by atoms with Crippen LogP contribution in [0.15, 0.2) is 65.3 Å².